The maximum absolute atomic E-state index is 11.5. The molecule has 6 heteroatoms. The summed E-state index contributed by atoms with van der Waals surface area (Å²) >= 11 is 0. The molecule has 1 aromatic carbocycles. The standard InChI is InChI=1S/C16H25NO5/c1-10-5-6-11(9-18)7-12(10)14(20)13(19)8-17-15(21)22-16(2,3)4/h5-7,13-14,18-20H,8-9H2,1-4H3,(H,17,21). The van der Waals surface area contributed by atoms with Crippen molar-refractivity contribution in [2.75, 3.05) is 6.54 Å². The largest absolute Gasteiger partial charge is 0.444 e. The zero-order valence-corrected chi connectivity index (χ0v) is 13.5. The molecule has 22 heavy (non-hydrogen) atoms. The van der Waals surface area contributed by atoms with Crippen molar-refractivity contribution in [3.8, 4) is 0 Å². The SMILES string of the molecule is Cc1ccc(CO)cc1C(O)C(O)CNC(=O)OC(C)(C)C. The fourth-order valence-corrected chi connectivity index (χ4v) is 1.93. The van der Waals surface area contributed by atoms with Crippen molar-refractivity contribution in [2.24, 2.45) is 0 Å². The molecule has 0 saturated carbocycles. The summed E-state index contributed by atoms with van der Waals surface area (Å²) in [6.07, 6.45) is -3.00. The monoisotopic (exact) mass is 311 g/mol. The van der Waals surface area contributed by atoms with Crippen LogP contribution in [0.2, 0.25) is 0 Å². The predicted octanol–water partition coefficient (Wildman–Crippen LogP) is 1.41. The number of rotatable bonds is 5. The summed E-state index contributed by atoms with van der Waals surface area (Å²) in [5, 5.41) is 31.8. The van der Waals surface area contributed by atoms with E-state index < -0.39 is 23.9 Å². The molecule has 0 aliphatic rings. The van der Waals surface area contributed by atoms with E-state index in [1.807, 2.05) is 0 Å². The first-order chi connectivity index (χ1) is 10.1. The highest BCUT2D eigenvalue weighted by atomic mass is 16.6. The lowest BCUT2D eigenvalue weighted by atomic mass is 9.97. The molecule has 6 nitrogen and oxygen atoms in total. The van der Waals surface area contributed by atoms with Crippen LogP contribution in [0.4, 0.5) is 4.79 Å². The van der Waals surface area contributed by atoms with Gasteiger partial charge in [0.2, 0.25) is 0 Å². The van der Waals surface area contributed by atoms with Crippen LogP contribution in [-0.2, 0) is 11.3 Å². The number of aliphatic hydroxyl groups is 3. The molecule has 0 heterocycles. The van der Waals surface area contributed by atoms with E-state index >= 15 is 0 Å². The van der Waals surface area contributed by atoms with E-state index in [-0.39, 0.29) is 13.2 Å². The molecule has 1 amide bonds. The highest BCUT2D eigenvalue weighted by Crippen LogP contribution is 2.22. The molecule has 0 fully saturated rings. The summed E-state index contributed by atoms with van der Waals surface area (Å²) < 4.78 is 5.06. The number of carbonyl (C=O) groups is 1. The van der Waals surface area contributed by atoms with Crippen LogP contribution in [0.3, 0.4) is 0 Å². The number of aryl methyl sites for hydroxylation is 1. The Bertz CT molecular complexity index is 510. The molecular weight excluding hydrogens is 286 g/mol. The van der Waals surface area contributed by atoms with Gasteiger partial charge in [-0.2, -0.15) is 0 Å². The van der Waals surface area contributed by atoms with Crippen LogP contribution >= 0.6 is 0 Å². The van der Waals surface area contributed by atoms with Crippen molar-refractivity contribution in [2.45, 2.75) is 52.1 Å². The van der Waals surface area contributed by atoms with Gasteiger partial charge in [-0.3, -0.25) is 0 Å². The van der Waals surface area contributed by atoms with Gasteiger partial charge in [-0.1, -0.05) is 18.2 Å². The summed E-state index contributed by atoms with van der Waals surface area (Å²) in [5.74, 6) is 0. The molecule has 0 bridgehead atoms. The molecule has 0 radical (unpaired) electrons. The number of hydrogen-bond donors (Lipinski definition) is 4. The van der Waals surface area contributed by atoms with E-state index in [2.05, 4.69) is 5.32 Å². The first kappa shape index (κ1) is 18.4. The number of hydrogen-bond acceptors (Lipinski definition) is 5. The molecule has 1 rings (SSSR count). The first-order valence-electron chi connectivity index (χ1n) is 7.17. The van der Waals surface area contributed by atoms with E-state index in [4.69, 9.17) is 9.84 Å². The average Bonchev–Trinajstić information content (AvgIpc) is 2.42. The lowest BCUT2D eigenvalue weighted by Gasteiger charge is -2.23. The molecule has 0 saturated heterocycles. The highest BCUT2D eigenvalue weighted by molar-refractivity contribution is 5.67. The summed E-state index contributed by atoms with van der Waals surface area (Å²) in [6, 6.07) is 5.14. The minimum Gasteiger partial charge on any atom is -0.444 e. The topological polar surface area (TPSA) is 99.0 Å². The third-order valence-corrected chi connectivity index (χ3v) is 3.06. The number of carbonyl (C=O) groups excluding carboxylic acids is 1. The van der Waals surface area contributed by atoms with Gasteiger partial charge in [-0.25, -0.2) is 4.79 Å². The Hall–Kier alpha value is -1.63. The Labute approximate surface area is 130 Å². The Morgan fingerprint density at radius 3 is 2.50 bits per heavy atom. The Kier molecular flexibility index (Phi) is 6.34. The van der Waals surface area contributed by atoms with Gasteiger partial charge in [0.1, 0.15) is 17.8 Å². The minimum absolute atomic E-state index is 0.140. The van der Waals surface area contributed by atoms with Gasteiger partial charge in [0, 0.05) is 6.54 Å². The molecule has 124 valence electrons. The summed E-state index contributed by atoms with van der Waals surface area (Å²) in [7, 11) is 0. The highest BCUT2D eigenvalue weighted by Gasteiger charge is 2.22. The quantitative estimate of drug-likeness (QED) is 0.659. The summed E-state index contributed by atoms with van der Waals surface area (Å²) in [5.41, 5.74) is 1.33. The second-order valence-electron chi connectivity index (χ2n) is 6.24. The molecular formula is C16H25NO5. The number of benzene rings is 1. The van der Waals surface area contributed by atoms with Crippen LogP contribution in [0.1, 0.15) is 43.6 Å². The van der Waals surface area contributed by atoms with Crippen LogP contribution in [0, 0.1) is 6.92 Å². The smallest absolute Gasteiger partial charge is 0.407 e. The number of ether oxygens (including phenoxy) is 1. The van der Waals surface area contributed by atoms with Crippen molar-refractivity contribution < 1.29 is 24.9 Å². The van der Waals surface area contributed by atoms with E-state index in [0.29, 0.717) is 11.1 Å². The molecule has 0 spiro atoms. The summed E-state index contributed by atoms with van der Waals surface area (Å²) in [6.45, 7) is 6.73. The molecule has 0 aromatic heterocycles. The molecule has 4 N–H and O–H groups in total. The van der Waals surface area contributed by atoms with E-state index in [1.165, 1.54) is 0 Å². The van der Waals surface area contributed by atoms with Crippen LogP contribution in [0.5, 0.6) is 0 Å². The summed E-state index contributed by atoms with van der Waals surface area (Å²) in [4.78, 5) is 11.5. The Morgan fingerprint density at radius 1 is 1.32 bits per heavy atom. The molecule has 0 aliphatic carbocycles. The van der Waals surface area contributed by atoms with E-state index in [1.54, 1.807) is 45.9 Å². The maximum Gasteiger partial charge on any atom is 0.407 e. The third kappa shape index (κ3) is 5.63. The van der Waals surface area contributed by atoms with Crippen LogP contribution in [-0.4, -0.2) is 39.7 Å². The van der Waals surface area contributed by atoms with Crippen molar-refractivity contribution in [1.82, 2.24) is 5.32 Å². The maximum atomic E-state index is 11.5. The van der Waals surface area contributed by atoms with Gasteiger partial charge in [-0.05, 0) is 44.4 Å². The van der Waals surface area contributed by atoms with Crippen LogP contribution in [0.15, 0.2) is 18.2 Å². The number of aliphatic hydroxyl groups excluding tert-OH is 3. The zero-order valence-electron chi connectivity index (χ0n) is 13.5. The molecule has 2 atom stereocenters. The zero-order chi connectivity index (χ0) is 16.9. The van der Waals surface area contributed by atoms with Gasteiger partial charge in [0.05, 0.1) is 6.61 Å². The first-order valence-corrected chi connectivity index (χ1v) is 7.17. The fraction of sp³-hybridized carbons (Fsp3) is 0.562. The van der Waals surface area contributed by atoms with E-state index in [0.717, 1.165) is 5.56 Å². The van der Waals surface area contributed by atoms with Crippen molar-refractivity contribution in [3.05, 3.63) is 34.9 Å². The molecule has 1 aromatic rings. The van der Waals surface area contributed by atoms with Gasteiger partial charge < -0.3 is 25.4 Å². The van der Waals surface area contributed by atoms with Gasteiger partial charge >= 0.3 is 6.09 Å². The molecule has 2 unspecified atom stereocenters. The number of amides is 1. The van der Waals surface area contributed by atoms with Gasteiger partial charge in [-0.15, -0.1) is 0 Å². The Morgan fingerprint density at radius 2 is 1.95 bits per heavy atom. The number of alkyl carbamates (subject to hydrolysis) is 1. The van der Waals surface area contributed by atoms with Crippen molar-refractivity contribution >= 4 is 6.09 Å². The van der Waals surface area contributed by atoms with Crippen molar-refractivity contribution in [3.63, 3.8) is 0 Å². The normalized spacial score (nSPS) is 14.3. The minimum atomic E-state index is -1.18. The Balaban J connectivity index is 2.65. The lowest BCUT2D eigenvalue weighted by molar-refractivity contribution is 0.0126. The second kappa shape index (κ2) is 7.58. The van der Waals surface area contributed by atoms with Crippen LogP contribution in [0.25, 0.3) is 0 Å². The van der Waals surface area contributed by atoms with Gasteiger partial charge in [0.25, 0.3) is 0 Å². The van der Waals surface area contributed by atoms with Crippen molar-refractivity contribution in [1.29, 1.82) is 0 Å². The number of nitrogens with one attached hydrogen (secondary N) is 1. The van der Waals surface area contributed by atoms with Gasteiger partial charge in [0.15, 0.2) is 0 Å². The predicted molar refractivity (Wildman–Crippen MR) is 82.3 cm³/mol. The second-order valence-corrected chi connectivity index (χ2v) is 6.24. The lowest BCUT2D eigenvalue weighted by Crippen LogP contribution is -2.39. The fourth-order valence-electron chi connectivity index (χ4n) is 1.93. The average molecular weight is 311 g/mol. The van der Waals surface area contributed by atoms with Crippen LogP contribution < -0.4 is 5.32 Å². The van der Waals surface area contributed by atoms with E-state index in [9.17, 15) is 15.0 Å². The third-order valence-electron chi connectivity index (χ3n) is 3.06. The molecule has 0 aliphatic heterocycles.